The van der Waals surface area contributed by atoms with E-state index >= 15 is 0 Å². The maximum absolute atomic E-state index is 13.1. The summed E-state index contributed by atoms with van der Waals surface area (Å²) in [6.45, 7) is 3.45. The summed E-state index contributed by atoms with van der Waals surface area (Å²) < 4.78 is 13.1. The second kappa shape index (κ2) is 6.12. The molecule has 104 valence electrons. The van der Waals surface area contributed by atoms with Gasteiger partial charge in [-0.15, -0.1) is 0 Å². The molecule has 1 aliphatic heterocycles. The number of amides is 1. The van der Waals surface area contributed by atoms with Crippen LogP contribution < -0.4 is 10.6 Å². The van der Waals surface area contributed by atoms with Gasteiger partial charge in [-0.2, -0.15) is 0 Å². The van der Waals surface area contributed by atoms with Crippen molar-refractivity contribution in [3.05, 3.63) is 35.6 Å². The van der Waals surface area contributed by atoms with Crippen LogP contribution in [0.2, 0.25) is 0 Å². The summed E-state index contributed by atoms with van der Waals surface area (Å²) in [5.41, 5.74) is 0.655. The number of β-amino-alcohol motifs (C(OH)–C–C–N with tert-alkyl or cyclic N) is 1. The zero-order valence-corrected chi connectivity index (χ0v) is 10.9. The predicted octanol–water partition coefficient (Wildman–Crippen LogP) is 0.626. The normalized spacial score (nSPS) is 24.2. The van der Waals surface area contributed by atoms with Crippen LogP contribution in [0.15, 0.2) is 24.3 Å². The van der Waals surface area contributed by atoms with Crippen LogP contribution in [-0.4, -0.2) is 36.8 Å². The van der Waals surface area contributed by atoms with Gasteiger partial charge >= 0.3 is 0 Å². The summed E-state index contributed by atoms with van der Waals surface area (Å²) in [4.78, 5) is 12.0. The number of benzene rings is 1. The van der Waals surface area contributed by atoms with Gasteiger partial charge in [0.1, 0.15) is 5.82 Å². The third-order valence-corrected chi connectivity index (χ3v) is 3.58. The lowest BCUT2D eigenvalue weighted by molar-refractivity contribution is -0.122. The van der Waals surface area contributed by atoms with E-state index in [-0.39, 0.29) is 17.6 Å². The number of hydrogen-bond donors (Lipinski definition) is 3. The standard InChI is InChI=1S/C14H19FN2O2/c1-9(10-3-2-4-12(15)5-10)14(19)17-7-11-6-16-8-13(11)18/h2-5,9,11,13,16,18H,6-8H2,1H3,(H,17,19). The van der Waals surface area contributed by atoms with Crippen molar-refractivity contribution in [3.8, 4) is 0 Å². The first-order chi connectivity index (χ1) is 9.08. The average molecular weight is 266 g/mol. The van der Waals surface area contributed by atoms with Gasteiger partial charge < -0.3 is 15.7 Å². The first kappa shape index (κ1) is 14.0. The molecule has 1 aromatic carbocycles. The molecule has 1 fully saturated rings. The molecular formula is C14H19FN2O2. The molecule has 2 rings (SSSR count). The number of carbonyl (C=O) groups excluding carboxylic acids is 1. The van der Waals surface area contributed by atoms with Crippen molar-refractivity contribution in [2.45, 2.75) is 18.9 Å². The Kier molecular flexibility index (Phi) is 4.50. The Labute approximate surface area is 112 Å². The molecule has 1 aliphatic rings. The van der Waals surface area contributed by atoms with Crippen LogP contribution in [0, 0.1) is 11.7 Å². The van der Waals surface area contributed by atoms with E-state index in [9.17, 15) is 14.3 Å². The molecular weight excluding hydrogens is 247 g/mol. The van der Waals surface area contributed by atoms with Gasteiger partial charge in [-0.25, -0.2) is 4.39 Å². The third-order valence-electron chi connectivity index (χ3n) is 3.58. The molecule has 0 saturated carbocycles. The highest BCUT2D eigenvalue weighted by atomic mass is 19.1. The van der Waals surface area contributed by atoms with Gasteiger partial charge in [-0.1, -0.05) is 12.1 Å². The Morgan fingerprint density at radius 2 is 2.37 bits per heavy atom. The first-order valence-electron chi connectivity index (χ1n) is 6.50. The molecule has 3 N–H and O–H groups in total. The fourth-order valence-corrected chi connectivity index (χ4v) is 2.24. The number of aliphatic hydroxyl groups is 1. The summed E-state index contributed by atoms with van der Waals surface area (Å²) in [6, 6.07) is 6.06. The van der Waals surface area contributed by atoms with Crippen molar-refractivity contribution in [2.24, 2.45) is 5.92 Å². The molecule has 5 heteroatoms. The predicted molar refractivity (Wildman–Crippen MR) is 70.2 cm³/mol. The number of nitrogens with one attached hydrogen (secondary N) is 2. The molecule has 0 radical (unpaired) electrons. The van der Waals surface area contributed by atoms with Crippen molar-refractivity contribution in [1.82, 2.24) is 10.6 Å². The van der Waals surface area contributed by atoms with Crippen LogP contribution in [0.1, 0.15) is 18.4 Å². The maximum Gasteiger partial charge on any atom is 0.227 e. The van der Waals surface area contributed by atoms with E-state index in [2.05, 4.69) is 10.6 Å². The maximum atomic E-state index is 13.1. The molecule has 1 amide bonds. The summed E-state index contributed by atoms with van der Waals surface area (Å²) in [6.07, 6.45) is -0.412. The first-order valence-corrected chi connectivity index (χ1v) is 6.50. The molecule has 0 bridgehead atoms. The van der Waals surface area contributed by atoms with Gasteiger partial charge in [0.15, 0.2) is 0 Å². The molecule has 19 heavy (non-hydrogen) atoms. The fraction of sp³-hybridized carbons (Fsp3) is 0.500. The molecule has 1 aromatic rings. The van der Waals surface area contributed by atoms with Gasteiger partial charge in [0.2, 0.25) is 5.91 Å². The monoisotopic (exact) mass is 266 g/mol. The van der Waals surface area contributed by atoms with Crippen LogP contribution >= 0.6 is 0 Å². The lowest BCUT2D eigenvalue weighted by atomic mass is 9.99. The van der Waals surface area contributed by atoms with Crippen molar-refractivity contribution < 1.29 is 14.3 Å². The number of aliphatic hydroxyl groups excluding tert-OH is 1. The lowest BCUT2D eigenvalue weighted by Gasteiger charge is -2.17. The minimum atomic E-state index is -0.412. The van der Waals surface area contributed by atoms with Crippen LogP contribution in [0.4, 0.5) is 4.39 Å². The minimum absolute atomic E-state index is 0.0451. The smallest absolute Gasteiger partial charge is 0.227 e. The molecule has 4 nitrogen and oxygen atoms in total. The molecule has 0 spiro atoms. The van der Waals surface area contributed by atoms with E-state index in [1.807, 2.05) is 0 Å². The van der Waals surface area contributed by atoms with E-state index in [0.29, 0.717) is 25.2 Å². The zero-order valence-electron chi connectivity index (χ0n) is 10.9. The molecule has 3 unspecified atom stereocenters. The highest BCUT2D eigenvalue weighted by molar-refractivity contribution is 5.83. The highest BCUT2D eigenvalue weighted by Crippen LogP contribution is 2.16. The molecule has 0 aromatic heterocycles. The Morgan fingerprint density at radius 3 is 3.00 bits per heavy atom. The largest absolute Gasteiger partial charge is 0.391 e. The highest BCUT2D eigenvalue weighted by Gasteiger charge is 2.26. The summed E-state index contributed by atoms with van der Waals surface area (Å²) >= 11 is 0. The average Bonchev–Trinajstić information content (AvgIpc) is 2.80. The Morgan fingerprint density at radius 1 is 1.58 bits per heavy atom. The van der Waals surface area contributed by atoms with Gasteiger partial charge in [0, 0.05) is 25.6 Å². The lowest BCUT2D eigenvalue weighted by Crippen LogP contribution is -2.36. The quantitative estimate of drug-likeness (QED) is 0.749. The van der Waals surface area contributed by atoms with Crippen molar-refractivity contribution in [1.29, 1.82) is 0 Å². The summed E-state index contributed by atoms with van der Waals surface area (Å²) in [7, 11) is 0. The Bertz CT molecular complexity index is 453. The number of halogens is 1. The van der Waals surface area contributed by atoms with Gasteiger partial charge in [-0.05, 0) is 24.6 Å². The summed E-state index contributed by atoms with van der Waals surface area (Å²) in [5, 5.41) is 15.5. The molecule has 3 atom stereocenters. The van der Waals surface area contributed by atoms with Crippen LogP contribution in [-0.2, 0) is 4.79 Å². The number of carbonyl (C=O) groups is 1. The second-order valence-corrected chi connectivity index (χ2v) is 5.01. The van der Waals surface area contributed by atoms with Gasteiger partial charge in [-0.3, -0.25) is 4.79 Å². The van der Waals surface area contributed by atoms with Gasteiger partial charge in [0.05, 0.1) is 12.0 Å². The minimum Gasteiger partial charge on any atom is -0.391 e. The van der Waals surface area contributed by atoms with E-state index < -0.39 is 12.0 Å². The third kappa shape index (κ3) is 3.52. The Balaban J connectivity index is 1.89. The Hall–Kier alpha value is -1.46. The molecule has 1 heterocycles. The zero-order chi connectivity index (χ0) is 13.8. The molecule has 0 aliphatic carbocycles. The fourth-order valence-electron chi connectivity index (χ4n) is 2.24. The summed E-state index contributed by atoms with van der Waals surface area (Å²) in [5.74, 6) is -0.844. The van der Waals surface area contributed by atoms with Crippen molar-refractivity contribution >= 4 is 5.91 Å². The SMILES string of the molecule is CC(C(=O)NCC1CNCC1O)c1cccc(F)c1. The number of hydrogen-bond acceptors (Lipinski definition) is 3. The van der Waals surface area contributed by atoms with Gasteiger partial charge in [0.25, 0.3) is 0 Å². The van der Waals surface area contributed by atoms with E-state index in [1.54, 1.807) is 19.1 Å². The topological polar surface area (TPSA) is 61.4 Å². The van der Waals surface area contributed by atoms with E-state index in [0.717, 1.165) is 0 Å². The number of rotatable bonds is 4. The molecule has 1 saturated heterocycles. The van der Waals surface area contributed by atoms with Crippen LogP contribution in [0.5, 0.6) is 0 Å². The van der Waals surface area contributed by atoms with Crippen molar-refractivity contribution in [2.75, 3.05) is 19.6 Å². The van der Waals surface area contributed by atoms with Crippen molar-refractivity contribution in [3.63, 3.8) is 0 Å². The van der Waals surface area contributed by atoms with Crippen LogP contribution in [0.25, 0.3) is 0 Å². The second-order valence-electron chi connectivity index (χ2n) is 5.01. The van der Waals surface area contributed by atoms with E-state index in [1.165, 1.54) is 12.1 Å². The van der Waals surface area contributed by atoms with Crippen LogP contribution in [0.3, 0.4) is 0 Å². The van der Waals surface area contributed by atoms with E-state index in [4.69, 9.17) is 0 Å².